The molecular weight excluding hydrogens is 200 g/mol. The average Bonchev–Trinajstić information content (AvgIpc) is 2.26. The molecule has 0 atom stereocenters. The SMILES string of the molecule is CCC/C(=N/Nc1ccc(C)cc1)C(C)=O. The van der Waals surface area contributed by atoms with Crippen molar-refractivity contribution < 1.29 is 4.79 Å². The Morgan fingerprint density at radius 3 is 2.44 bits per heavy atom. The molecule has 1 aromatic rings. The van der Waals surface area contributed by atoms with Crippen LogP contribution < -0.4 is 5.43 Å². The first kappa shape index (κ1) is 12.4. The molecule has 0 aliphatic heterocycles. The van der Waals surface area contributed by atoms with Crippen LogP contribution in [0.1, 0.15) is 32.3 Å². The molecule has 0 saturated carbocycles. The first-order valence-corrected chi connectivity index (χ1v) is 5.53. The fraction of sp³-hybridized carbons (Fsp3) is 0.385. The van der Waals surface area contributed by atoms with Gasteiger partial charge in [0.2, 0.25) is 0 Å². The molecule has 0 bridgehead atoms. The third kappa shape index (κ3) is 3.85. The Bertz CT molecular complexity index is 379. The lowest BCUT2D eigenvalue weighted by molar-refractivity contribution is -0.111. The maximum atomic E-state index is 11.2. The largest absolute Gasteiger partial charge is 0.293 e. The summed E-state index contributed by atoms with van der Waals surface area (Å²) >= 11 is 0. The zero-order valence-corrected chi connectivity index (χ0v) is 10.1. The molecule has 16 heavy (non-hydrogen) atoms. The van der Waals surface area contributed by atoms with Gasteiger partial charge < -0.3 is 0 Å². The second-order valence-electron chi connectivity index (χ2n) is 3.84. The summed E-state index contributed by atoms with van der Waals surface area (Å²) in [5, 5.41) is 4.13. The number of hydrogen-bond acceptors (Lipinski definition) is 3. The van der Waals surface area contributed by atoms with Gasteiger partial charge in [0, 0.05) is 6.92 Å². The van der Waals surface area contributed by atoms with E-state index >= 15 is 0 Å². The predicted octanol–water partition coefficient (Wildman–Crippen LogP) is 3.15. The minimum absolute atomic E-state index is 0.0291. The van der Waals surface area contributed by atoms with Gasteiger partial charge in [0.25, 0.3) is 0 Å². The smallest absolute Gasteiger partial charge is 0.175 e. The zero-order chi connectivity index (χ0) is 12.0. The number of benzene rings is 1. The predicted molar refractivity (Wildman–Crippen MR) is 67.8 cm³/mol. The molecule has 0 spiro atoms. The number of nitrogens with one attached hydrogen (secondary N) is 1. The summed E-state index contributed by atoms with van der Waals surface area (Å²) in [7, 11) is 0. The molecule has 3 nitrogen and oxygen atoms in total. The fourth-order valence-electron chi connectivity index (χ4n) is 1.31. The lowest BCUT2D eigenvalue weighted by Crippen LogP contribution is -2.11. The van der Waals surface area contributed by atoms with Gasteiger partial charge in [0.15, 0.2) is 5.78 Å². The molecule has 0 radical (unpaired) electrons. The van der Waals surface area contributed by atoms with Crippen molar-refractivity contribution in [3.8, 4) is 0 Å². The van der Waals surface area contributed by atoms with Gasteiger partial charge in [-0.1, -0.05) is 31.0 Å². The standard InChI is InChI=1S/C13H18N2O/c1-4-5-13(11(3)16)15-14-12-8-6-10(2)7-9-12/h6-9,14H,4-5H2,1-3H3/b15-13-. The summed E-state index contributed by atoms with van der Waals surface area (Å²) in [5.74, 6) is 0.0291. The highest BCUT2D eigenvalue weighted by atomic mass is 16.1. The molecule has 0 fully saturated rings. The summed E-state index contributed by atoms with van der Waals surface area (Å²) in [6.45, 7) is 5.61. The van der Waals surface area contributed by atoms with Crippen LogP contribution in [-0.4, -0.2) is 11.5 Å². The lowest BCUT2D eigenvalue weighted by Gasteiger charge is -2.03. The third-order valence-corrected chi connectivity index (χ3v) is 2.26. The summed E-state index contributed by atoms with van der Waals surface area (Å²) in [4.78, 5) is 11.2. The molecule has 3 heteroatoms. The van der Waals surface area contributed by atoms with Gasteiger partial charge in [0.05, 0.1) is 5.69 Å². The third-order valence-electron chi connectivity index (χ3n) is 2.26. The maximum absolute atomic E-state index is 11.2. The van der Waals surface area contributed by atoms with Gasteiger partial charge in [-0.2, -0.15) is 5.10 Å². The highest BCUT2D eigenvalue weighted by Gasteiger charge is 2.03. The van der Waals surface area contributed by atoms with E-state index in [0.717, 1.165) is 12.1 Å². The molecule has 0 saturated heterocycles. The number of rotatable bonds is 5. The van der Waals surface area contributed by atoms with Crippen LogP contribution in [0.15, 0.2) is 29.4 Å². The van der Waals surface area contributed by atoms with E-state index in [9.17, 15) is 4.79 Å². The van der Waals surface area contributed by atoms with Crippen LogP contribution in [0.3, 0.4) is 0 Å². The van der Waals surface area contributed by atoms with Crippen molar-refractivity contribution in [3.05, 3.63) is 29.8 Å². The van der Waals surface area contributed by atoms with E-state index in [1.54, 1.807) is 6.92 Å². The first-order chi connectivity index (χ1) is 7.63. The summed E-state index contributed by atoms with van der Waals surface area (Å²) in [5.41, 5.74) is 5.61. The van der Waals surface area contributed by atoms with Crippen molar-refractivity contribution in [2.24, 2.45) is 5.10 Å². The molecule has 1 aromatic carbocycles. The van der Waals surface area contributed by atoms with Crippen LogP contribution in [0.5, 0.6) is 0 Å². The lowest BCUT2D eigenvalue weighted by atomic mass is 10.2. The Hall–Kier alpha value is -1.64. The Morgan fingerprint density at radius 2 is 1.94 bits per heavy atom. The number of carbonyl (C=O) groups is 1. The topological polar surface area (TPSA) is 41.5 Å². The van der Waals surface area contributed by atoms with Crippen molar-refractivity contribution in [1.82, 2.24) is 0 Å². The number of ketones is 1. The van der Waals surface area contributed by atoms with Crippen LogP contribution in [-0.2, 0) is 4.79 Å². The van der Waals surface area contributed by atoms with E-state index in [-0.39, 0.29) is 5.78 Å². The monoisotopic (exact) mass is 218 g/mol. The van der Waals surface area contributed by atoms with Crippen molar-refractivity contribution in [2.75, 3.05) is 5.43 Å². The minimum Gasteiger partial charge on any atom is -0.293 e. The molecule has 0 heterocycles. The van der Waals surface area contributed by atoms with Gasteiger partial charge in [-0.05, 0) is 25.5 Å². The Morgan fingerprint density at radius 1 is 1.31 bits per heavy atom. The van der Waals surface area contributed by atoms with Crippen molar-refractivity contribution >= 4 is 17.2 Å². The summed E-state index contributed by atoms with van der Waals surface area (Å²) < 4.78 is 0. The second kappa shape index (κ2) is 6.05. The Labute approximate surface area is 96.6 Å². The zero-order valence-electron chi connectivity index (χ0n) is 10.1. The highest BCUT2D eigenvalue weighted by Crippen LogP contribution is 2.08. The number of nitrogens with zero attached hydrogens (tertiary/aromatic N) is 1. The van der Waals surface area contributed by atoms with Crippen LogP contribution >= 0.6 is 0 Å². The molecule has 1 rings (SSSR count). The van der Waals surface area contributed by atoms with Crippen LogP contribution in [0.4, 0.5) is 5.69 Å². The number of aryl methyl sites for hydroxylation is 1. The molecule has 86 valence electrons. The van der Waals surface area contributed by atoms with Gasteiger partial charge in [-0.25, -0.2) is 0 Å². The van der Waals surface area contributed by atoms with Crippen LogP contribution in [0.2, 0.25) is 0 Å². The first-order valence-electron chi connectivity index (χ1n) is 5.53. The average molecular weight is 218 g/mol. The van der Waals surface area contributed by atoms with E-state index in [4.69, 9.17) is 0 Å². The minimum atomic E-state index is 0.0291. The number of hydrogen-bond donors (Lipinski definition) is 1. The molecular formula is C13H18N2O. The highest BCUT2D eigenvalue weighted by molar-refractivity contribution is 6.39. The van der Waals surface area contributed by atoms with Gasteiger partial charge in [-0.15, -0.1) is 0 Å². The molecule has 0 amide bonds. The van der Waals surface area contributed by atoms with Gasteiger partial charge >= 0.3 is 0 Å². The second-order valence-corrected chi connectivity index (χ2v) is 3.84. The van der Waals surface area contributed by atoms with Gasteiger partial charge in [-0.3, -0.25) is 10.2 Å². The van der Waals surface area contributed by atoms with Crippen molar-refractivity contribution in [1.29, 1.82) is 0 Å². The number of anilines is 1. The van der Waals surface area contributed by atoms with E-state index in [0.29, 0.717) is 12.1 Å². The molecule has 0 aliphatic rings. The number of hydrazone groups is 1. The Kier molecular flexibility index (Phi) is 4.70. The summed E-state index contributed by atoms with van der Waals surface area (Å²) in [6.07, 6.45) is 1.64. The van der Waals surface area contributed by atoms with E-state index in [1.807, 2.05) is 38.1 Å². The van der Waals surface area contributed by atoms with Crippen LogP contribution in [0.25, 0.3) is 0 Å². The quantitative estimate of drug-likeness (QED) is 0.609. The van der Waals surface area contributed by atoms with Crippen molar-refractivity contribution in [2.45, 2.75) is 33.6 Å². The van der Waals surface area contributed by atoms with Crippen LogP contribution in [0, 0.1) is 6.92 Å². The fourth-order valence-corrected chi connectivity index (χ4v) is 1.31. The number of carbonyl (C=O) groups excluding carboxylic acids is 1. The normalized spacial score (nSPS) is 11.3. The molecule has 1 N–H and O–H groups in total. The molecule has 0 aliphatic carbocycles. The number of Topliss-reactive ketones (excluding diaryl/α,β-unsaturated/α-hetero) is 1. The Balaban J connectivity index is 2.69. The summed E-state index contributed by atoms with van der Waals surface area (Å²) in [6, 6.07) is 7.90. The van der Waals surface area contributed by atoms with E-state index in [1.165, 1.54) is 5.56 Å². The van der Waals surface area contributed by atoms with E-state index < -0.39 is 0 Å². The van der Waals surface area contributed by atoms with Crippen molar-refractivity contribution in [3.63, 3.8) is 0 Å². The molecule has 0 aromatic heterocycles. The molecule has 0 unspecified atom stereocenters. The maximum Gasteiger partial charge on any atom is 0.175 e. The van der Waals surface area contributed by atoms with Gasteiger partial charge in [0.1, 0.15) is 5.71 Å². The van der Waals surface area contributed by atoms with E-state index in [2.05, 4.69) is 10.5 Å².